The van der Waals surface area contributed by atoms with Crippen LogP contribution in [0.2, 0.25) is 0 Å². The topological polar surface area (TPSA) is 28.6 Å². The van der Waals surface area contributed by atoms with Crippen molar-refractivity contribution >= 4 is 11.3 Å². The minimum atomic E-state index is 0.362. The molecule has 3 rings (SSSR count). The average Bonchev–Trinajstić information content (AvgIpc) is 2.77. The number of thiazole rings is 1. The van der Waals surface area contributed by atoms with Crippen molar-refractivity contribution in [1.82, 2.24) is 14.8 Å². The van der Waals surface area contributed by atoms with E-state index in [0.717, 1.165) is 24.3 Å². The summed E-state index contributed by atoms with van der Waals surface area (Å²) in [5.74, 6) is 0. The second kappa shape index (κ2) is 4.92. The van der Waals surface area contributed by atoms with Crippen molar-refractivity contribution in [3.63, 3.8) is 0 Å². The molecule has 0 aliphatic carbocycles. The molecule has 2 aliphatic rings. The van der Waals surface area contributed by atoms with Gasteiger partial charge < -0.3 is 9.64 Å². The molecule has 0 amide bonds. The van der Waals surface area contributed by atoms with Gasteiger partial charge in [-0.2, -0.15) is 0 Å². The first-order valence-corrected chi connectivity index (χ1v) is 7.18. The van der Waals surface area contributed by atoms with Crippen LogP contribution in [0.5, 0.6) is 5.19 Å². The Morgan fingerprint density at radius 3 is 2.76 bits per heavy atom. The summed E-state index contributed by atoms with van der Waals surface area (Å²) in [5.41, 5.74) is 0. The maximum absolute atomic E-state index is 5.79. The van der Waals surface area contributed by atoms with E-state index in [1.165, 1.54) is 25.9 Å². The zero-order chi connectivity index (χ0) is 11.7. The van der Waals surface area contributed by atoms with Crippen LogP contribution < -0.4 is 4.74 Å². The lowest BCUT2D eigenvalue weighted by Gasteiger charge is -2.46. The fraction of sp³-hybridized carbons (Fsp3) is 0.750. The van der Waals surface area contributed by atoms with Crippen LogP contribution in [0.3, 0.4) is 0 Å². The molecule has 3 heterocycles. The van der Waals surface area contributed by atoms with Crippen LogP contribution in [0.4, 0.5) is 0 Å². The maximum Gasteiger partial charge on any atom is 0.273 e. The maximum atomic E-state index is 5.79. The third-order valence-electron chi connectivity index (χ3n) is 3.76. The van der Waals surface area contributed by atoms with Crippen LogP contribution in [-0.4, -0.2) is 60.2 Å². The smallest absolute Gasteiger partial charge is 0.273 e. The number of likely N-dealkylation sites (tertiary alicyclic amines) is 2. The normalized spacial score (nSPS) is 24.8. The van der Waals surface area contributed by atoms with Crippen molar-refractivity contribution in [3.8, 4) is 5.19 Å². The molecule has 0 aromatic carbocycles. The third-order valence-corrected chi connectivity index (χ3v) is 4.42. The van der Waals surface area contributed by atoms with Crippen molar-refractivity contribution in [1.29, 1.82) is 0 Å². The van der Waals surface area contributed by atoms with Gasteiger partial charge in [0.05, 0.1) is 0 Å². The van der Waals surface area contributed by atoms with Crippen LogP contribution in [0, 0.1) is 0 Å². The minimum Gasteiger partial charge on any atom is -0.464 e. The van der Waals surface area contributed by atoms with Gasteiger partial charge in [-0.15, -0.1) is 0 Å². The van der Waals surface area contributed by atoms with E-state index in [-0.39, 0.29) is 0 Å². The van der Waals surface area contributed by atoms with E-state index in [0.29, 0.717) is 6.10 Å². The third kappa shape index (κ3) is 2.61. The Morgan fingerprint density at radius 1 is 1.35 bits per heavy atom. The molecule has 1 aromatic heterocycles. The first-order chi connectivity index (χ1) is 8.31. The summed E-state index contributed by atoms with van der Waals surface area (Å²) in [5, 5.41) is 2.78. The highest BCUT2D eigenvalue weighted by molar-refractivity contribution is 7.11. The average molecular weight is 253 g/mol. The van der Waals surface area contributed by atoms with Crippen molar-refractivity contribution in [2.45, 2.75) is 25.0 Å². The highest BCUT2D eigenvalue weighted by atomic mass is 32.1. The molecule has 1 aromatic rings. The summed E-state index contributed by atoms with van der Waals surface area (Å²) >= 11 is 1.58. The number of ether oxygens (including phenoxy) is 1. The largest absolute Gasteiger partial charge is 0.464 e. The summed E-state index contributed by atoms with van der Waals surface area (Å²) in [6, 6.07) is 0.780. The van der Waals surface area contributed by atoms with Gasteiger partial charge in [0.25, 0.3) is 5.19 Å². The molecule has 0 unspecified atom stereocenters. The summed E-state index contributed by atoms with van der Waals surface area (Å²) in [7, 11) is 2.21. The quantitative estimate of drug-likeness (QED) is 0.812. The number of hydrogen-bond donors (Lipinski definition) is 0. The zero-order valence-corrected chi connectivity index (χ0v) is 11.0. The van der Waals surface area contributed by atoms with Crippen LogP contribution in [-0.2, 0) is 0 Å². The predicted molar refractivity (Wildman–Crippen MR) is 68.6 cm³/mol. The van der Waals surface area contributed by atoms with Crippen molar-refractivity contribution in [2.75, 3.05) is 33.2 Å². The van der Waals surface area contributed by atoms with E-state index in [1.54, 1.807) is 17.5 Å². The van der Waals surface area contributed by atoms with Crippen molar-refractivity contribution < 1.29 is 4.74 Å². The first kappa shape index (κ1) is 11.4. The van der Waals surface area contributed by atoms with Gasteiger partial charge in [-0.25, -0.2) is 4.98 Å². The van der Waals surface area contributed by atoms with E-state index in [9.17, 15) is 0 Å². The van der Waals surface area contributed by atoms with Crippen molar-refractivity contribution in [3.05, 3.63) is 11.6 Å². The molecule has 5 heteroatoms. The molecule has 17 heavy (non-hydrogen) atoms. The molecule has 0 spiro atoms. The monoisotopic (exact) mass is 253 g/mol. The second-order valence-corrected chi connectivity index (χ2v) is 5.88. The summed E-state index contributed by atoms with van der Waals surface area (Å²) in [6.07, 6.45) is 4.77. The highest BCUT2D eigenvalue weighted by Gasteiger charge is 2.35. The first-order valence-electron chi connectivity index (χ1n) is 6.30. The molecule has 0 atom stereocenters. The summed E-state index contributed by atoms with van der Waals surface area (Å²) in [4.78, 5) is 9.13. The van der Waals surface area contributed by atoms with Crippen LogP contribution in [0.15, 0.2) is 11.6 Å². The molecular formula is C12H19N3OS. The Bertz CT molecular complexity index is 343. The van der Waals surface area contributed by atoms with Gasteiger partial charge in [0.15, 0.2) is 0 Å². The number of rotatable bonds is 3. The highest BCUT2D eigenvalue weighted by Crippen LogP contribution is 2.25. The summed E-state index contributed by atoms with van der Waals surface area (Å²) < 4.78 is 5.79. The van der Waals surface area contributed by atoms with Gasteiger partial charge in [0, 0.05) is 30.7 Å². The molecule has 2 aliphatic heterocycles. The number of aromatic nitrogens is 1. The van der Waals surface area contributed by atoms with Crippen LogP contribution in [0.1, 0.15) is 12.8 Å². The second-order valence-electron chi connectivity index (χ2n) is 5.03. The lowest BCUT2D eigenvalue weighted by Crippen LogP contribution is -2.59. The zero-order valence-electron chi connectivity index (χ0n) is 10.2. The Morgan fingerprint density at radius 2 is 2.12 bits per heavy atom. The van der Waals surface area contributed by atoms with Gasteiger partial charge in [0.1, 0.15) is 6.10 Å². The molecule has 0 bridgehead atoms. The van der Waals surface area contributed by atoms with Gasteiger partial charge in [0.2, 0.25) is 0 Å². The molecule has 2 fully saturated rings. The van der Waals surface area contributed by atoms with Gasteiger partial charge in [-0.3, -0.25) is 4.90 Å². The Labute approximate surface area is 106 Å². The number of hydrogen-bond acceptors (Lipinski definition) is 5. The fourth-order valence-electron chi connectivity index (χ4n) is 2.61. The molecule has 0 saturated carbocycles. The summed E-state index contributed by atoms with van der Waals surface area (Å²) in [6.45, 7) is 4.63. The lowest BCUT2D eigenvalue weighted by atomic mass is 9.99. The molecule has 0 N–H and O–H groups in total. The minimum absolute atomic E-state index is 0.362. The predicted octanol–water partition coefficient (Wildman–Crippen LogP) is 1.30. The van der Waals surface area contributed by atoms with E-state index in [4.69, 9.17) is 4.74 Å². The van der Waals surface area contributed by atoms with E-state index in [2.05, 4.69) is 21.8 Å². The van der Waals surface area contributed by atoms with Gasteiger partial charge in [-0.05, 0) is 33.0 Å². The van der Waals surface area contributed by atoms with E-state index >= 15 is 0 Å². The van der Waals surface area contributed by atoms with Gasteiger partial charge in [-0.1, -0.05) is 11.3 Å². The lowest BCUT2D eigenvalue weighted by molar-refractivity contribution is -0.0247. The molecular weight excluding hydrogens is 234 g/mol. The van der Waals surface area contributed by atoms with Crippen molar-refractivity contribution in [2.24, 2.45) is 0 Å². The molecule has 94 valence electrons. The Hall–Kier alpha value is -0.650. The standard InChI is InChI=1S/C12H19N3OS/c1-14-5-2-10(3-6-14)15-8-11(9-15)16-12-13-4-7-17-12/h4,7,10-11H,2-3,5-6,8-9H2,1H3. The fourth-order valence-corrected chi connectivity index (χ4v) is 3.17. The van der Waals surface area contributed by atoms with Gasteiger partial charge >= 0.3 is 0 Å². The Kier molecular flexibility index (Phi) is 3.31. The number of piperidine rings is 1. The SMILES string of the molecule is CN1CCC(N2CC(Oc3nccs3)C2)CC1. The molecule has 4 nitrogen and oxygen atoms in total. The molecule has 0 radical (unpaired) electrons. The number of nitrogens with zero attached hydrogens (tertiary/aromatic N) is 3. The van der Waals surface area contributed by atoms with Crippen LogP contribution in [0.25, 0.3) is 0 Å². The van der Waals surface area contributed by atoms with E-state index < -0.39 is 0 Å². The van der Waals surface area contributed by atoms with Crippen LogP contribution >= 0.6 is 11.3 Å². The Balaban J connectivity index is 1.42. The van der Waals surface area contributed by atoms with E-state index in [1.807, 2.05) is 5.38 Å². The molecule has 2 saturated heterocycles.